The summed E-state index contributed by atoms with van der Waals surface area (Å²) in [7, 11) is 0. The second-order valence-electron chi connectivity index (χ2n) is 3.91. The summed E-state index contributed by atoms with van der Waals surface area (Å²) in [5.74, 6) is -1.11. The molecule has 0 fully saturated rings. The number of amides is 1. The lowest BCUT2D eigenvalue weighted by molar-refractivity contribution is -0.147. The Labute approximate surface area is 98.3 Å². The number of thiophene rings is 1. The Kier molecular flexibility index (Phi) is 4.06. The van der Waals surface area contributed by atoms with Crippen molar-refractivity contribution in [2.24, 2.45) is 5.41 Å². The normalized spacial score (nSPS) is 14.1. The van der Waals surface area contributed by atoms with Gasteiger partial charge in [-0.2, -0.15) is 11.3 Å². The molecule has 1 aromatic heterocycles. The molecule has 0 saturated carbocycles. The molecule has 0 aliphatic carbocycles. The fourth-order valence-corrected chi connectivity index (χ4v) is 1.76. The number of carbonyl (C=O) groups excluding carboxylic acids is 1. The van der Waals surface area contributed by atoms with Crippen LogP contribution >= 0.6 is 11.3 Å². The predicted octanol–water partition coefficient (Wildman–Crippen LogP) is 1.98. The summed E-state index contributed by atoms with van der Waals surface area (Å²) in [5.41, 5.74) is -0.320. The van der Waals surface area contributed by atoms with Crippen LogP contribution in [0, 0.1) is 5.41 Å². The minimum Gasteiger partial charge on any atom is -0.481 e. The molecular formula is C11H15NO3S. The fraction of sp³-hybridized carbons (Fsp3) is 0.455. The van der Waals surface area contributed by atoms with Crippen LogP contribution < -0.4 is 5.32 Å². The number of rotatable bonds is 5. The van der Waals surface area contributed by atoms with Gasteiger partial charge in [0, 0.05) is 17.5 Å². The van der Waals surface area contributed by atoms with Gasteiger partial charge < -0.3 is 10.4 Å². The molecule has 1 aromatic rings. The molecule has 88 valence electrons. The molecule has 0 aliphatic heterocycles. The standard InChI is InChI=1S/C11H15NO3S/c1-3-11(2,10(14)15)7-12-9(13)8-4-5-16-6-8/h4-6H,3,7H2,1-2H3,(H,12,13)(H,14,15). The van der Waals surface area contributed by atoms with Gasteiger partial charge in [-0.3, -0.25) is 9.59 Å². The summed E-state index contributed by atoms with van der Waals surface area (Å²) in [5, 5.41) is 15.2. The van der Waals surface area contributed by atoms with E-state index in [0.29, 0.717) is 12.0 Å². The van der Waals surface area contributed by atoms with Gasteiger partial charge in [0.25, 0.3) is 5.91 Å². The zero-order valence-electron chi connectivity index (χ0n) is 9.32. The minimum atomic E-state index is -0.897. The average molecular weight is 241 g/mol. The van der Waals surface area contributed by atoms with Gasteiger partial charge in [-0.1, -0.05) is 6.92 Å². The predicted molar refractivity (Wildman–Crippen MR) is 62.7 cm³/mol. The first-order chi connectivity index (χ1) is 7.49. The number of carbonyl (C=O) groups is 2. The van der Waals surface area contributed by atoms with Crippen LogP contribution in [0.4, 0.5) is 0 Å². The van der Waals surface area contributed by atoms with Gasteiger partial charge in [-0.05, 0) is 24.8 Å². The fourth-order valence-electron chi connectivity index (χ4n) is 1.12. The average Bonchev–Trinajstić information content (AvgIpc) is 2.78. The van der Waals surface area contributed by atoms with Gasteiger partial charge in [0.1, 0.15) is 0 Å². The number of hydrogen-bond donors (Lipinski definition) is 2. The molecule has 0 bridgehead atoms. The van der Waals surface area contributed by atoms with Gasteiger partial charge in [0.15, 0.2) is 0 Å². The Morgan fingerprint density at radius 1 is 1.56 bits per heavy atom. The lowest BCUT2D eigenvalue weighted by Crippen LogP contribution is -2.40. The van der Waals surface area contributed by atoms with Crippen molar-refractivity contribution in [2.75, 3.05) is 6.54 Å². The van der Waals surface area contributed by atoms with Crippen LogP contribution in [0.25, 0.3) is 0 Å². The molecule has 0 radical (unpaired) electrons. The molecule has 0 aromatic carbocycles. The van der Waals surface area contributed by atoms with Crippen molar-refractivity contribution in [3.05, 3.63) is 22.4 Å². The van der Waals surface area contributed by atoms with Crippen molar-refractivity contribution < 1.29 is 14.7 Å². The monoisotopic (exact) mass is 241 g/mol. The zero-order chi connectivity index (χ0) is 12.2. The van der Waals surface area contributed by atoms with E-state index in [9.17, 15) is 9.59 Å². The van der Waals surface area contributed by atoms with E-state index >= 15 is 0 Å². The van der Waals surface area contributed by atoms with Crippen LogP contribution in [0.15, 0.2) is 16.8 Å². The Bertz CT molecular complexity index is 375. The smallest absolute Gasteiger partial charge is 0.311 e. The van der Waals surface area contributed by atoms with Crippen molar-refractivity contribution >= 4 is 23.2 Å². The molecule has 16 heavy (non-hydrogen) atoms. The molecule has 0 aliphatic rings. The molecule has 1 rings (SSSR count). The zero-order valence-corrected chi connectivity index (χ0v) is 10.1. The van der Waals surface area contributed by atoms with E-state index in [1.54, 1.807) is 25.3 Å². The summed E-state index contributed by atoms with van der Waals surface area (Å²) in [6.45, 7) is 3.57. The van der Waals surface area contributed by atoms with Crippen molar-refractivity contribution in [3.8, 4) is 0 Å². The maximum Gasteiger partial charge on any atom is 0.311 e. The second kappa shape index (κ2) is 5.12. The Morgan fingerprint density at radius 3 is 2.69 bits per heavy atom. The maximum absolute atomic E-state index is 11.6. The van der Waals surface area contributed by atoms with E-state index in [0.717, 1.165) is 0 Å². The molecule has 1 amide bonds. The minimum absolute atomic E-state index is 0.146. The van der Waals surface area contributed by atoms with Gasteiger partial charge in [0.2, 0.25) is 0 Å². The van der Waals surface area contributed by atoms with Crippen molar-refractivity contribution in [3.63, 3.8) is 0 Å². The van der Waals surface area contributed by atoms with Gasteiger partial charge >= 0.3 is 5.97 Å². The molecule has 0 saturated heterocycles. The van der Waals surface area contributed by atoms with E-state index in [2.05, 4.69) is 5.32 Å². The molecule has 0 spiro atoms. The topological polar surface area (TPSA) is 66.4 Å². The van der Waals surface area contributed by atoms with Gasteiger partial charge in [-0.25, -0.2) is 0 Å². The lowest BCUT2D eigenvalue weighted by Gasteiger charge is -2.22. The van der Waals surface area contributed by atoms with Crippen LogP contribution in [0.3, 0.4) is 0 Å². The SMILES string of the molecule is CCC(C)(CNC(=O)c1ccsc1)C(=O)O. The van der Waals surface area contributed by atoms with E-state index < -0.39 is 11.4 Å². The van der Waals surface area contributed by atoms with Crippen molar-refractivity contribution in [1.29, 1.82) is 0 Å². The highest BCUT2D eigenvalue weighted by Gasteiger charge is 2.31. The van der Waals surface area contributed by atoms with Crippen LogP contribution in [-0.2, 0) is 4.79 Å². The van der Waals surface area contributed by atoms with E-state index in [-0.39, 0.29) is 12.5 Å². The number of carboxylic acid groups (broad SMARTS) is 1. The third-order valence-corrected chi connectivity index (χ3v) is 3.40. The summed E-state index contributed by atoms with van der Waals surface area (Å²) in [4.78, 5) is 22.6. The summed E-state index contributed by atoms with van der Waals surface area (Å²) >= 11 is 1.44. The summed E-state index contributed by atoms with van der Waals surface area (Å²) in [6.07, 6.45) is 0.478. The first-order valence-corrected chi connectivity index (χ1v) is 5.97. The third-order valence-electron chi connectivity index (χ3n) is 2.72. The first-order valence-electron chi connectivity index (χ1n) is 5.03. The number of nitrogens with one attached hydrogen (secondary N) is 1. The van der Waals surface area contributed by atoms with Crippen LogP contribution in [0.1, 0.15) is 30.6 Å². The van der Waals surface area contributed by atoms with Gasteiger partial charge in [0.05, 0.1) is 5.41 Å². The number of aliphatic carboxylic acids is 1. The molecule has 2 N–H and O–H groups in total. The molecular weight excluding hydrogens is 226 g/mol. The first kappa shape index (κ1) is 12.7. The van der Waals surface area contributed by atoms with Crippen molar-refractivity contribution in [2.45, 2.75) is 20.3 Å². The maximum atomic E-state index is 11.6. The lowest BCUT2D eigenvalue weighted by atomic mass is 9.87. The van der Waals surface area contributed by atoms with E-state index in [1.807, 2.05) is 5.38 Å². The van der Waals surface area contributed by atoms with Crippen LogP contribution in [0.5, 0.6) is 0 Å². The van der Waals surface area contributed by atoms with E-state index in [1.165, 1.54) is 11.3 Å². The summed E-state index contributed by atoms with van der Waals surface area (Å²) < 4.78 is 0. The Hall–Kier alpha value is -1.36. The van der Waals surface area contributed by atoms with Gasteiger partial charge in [-0.15, -0.1) is 0 Å². The second-order valence-corrected chi connectivity index (χ2v) is 4.69. The highest BCUT2D eigenvalue weighted by molar-refractivity contribution is 7.08. The Balaban J connectivity index is 2.57. The molecule has 1 unspecified atom stereocenters. The van der Waals surface area contributed by atoms with Crippen LogP contribution in [0.2, 0.25) is 0 Å². The van der Waals surface area contributed by atoms with Crippen molar-refractivity contribution in [1.82, 2.24) is 5.32 Å². The molecule has 4 nitrogen and oxygen atoms in total. The largest absolute Gasteiger partial charge is 0.481 e. The van der Waals surface area contributed by atoms with E-state index in [4.69, 9.17) is 5.11 Å². The Morgan fingerprint density at radius 2 is 2.25 bits per heavy atom. The molecule has 1 atom stereocenters. The molecule has 5 heteroatoms. The third kappa shape index (κ3) is 2.82. The van der Waals surface area contributed by atoms with Crippen LogP contribution in [-0.4, -0.2) is 23.5 Å². The highest BCUT2D eigenvalue weighted by Crippen LogP contribution is 2.20. The molecule has 1 heterocycles. The highest BCUT2D eigenvalue weighted by atomic mass is 32.1. The summed E-state index contributed by atoms with van der Waals surface area (Å²) in [6, 6.07) is 1.71. The quantitative estimate of drug-likeness (QED) is 0.828. The number of hydrogen-bond acceptors (Lipinski definition) is 3. The number of carboxylic acids is 1.